The van der Waals surface area contributed by atoms with Crippen molar-refractivity contribution in [2.45, 2.75) is 12.5 Å². The van der Waals surface area contributed by atoms with Gasteiger partial charge in [-0.05, 0) is 29.3 Å². The Morgan fingerprint density at radius 1 is 1.09 bits per heavy atom. The van der Waals surface area contributed by atoms with E-state index in [-0.39, 0.29) is 24.9 Å². The molecule has 4 N–H and O–H groups in total. The number of fused-ring (bicyclic) bond motifs is 1. The summed E-state index contributed by atoms with van der Waals surface area (Å²) in [5.41, 5.74) is 14.1. The number of para-hydroxylation sites is 1. The monoisotopic (exact) mass is 331 g/mol. The third kappa shape index (κ3) is 3.06. The zero-order valence-corrected chi connectivity index (χ0v) is 13.3. The molecule has 0 fully saturated rings. The van der Waals surface area contributed by atoms with E-state index in [2.05, 4.69) is 0 Å². The second kappa shape index (κ2) is 6.81. The number of halogens is 1. The van der Waals surface area contributed by atoms with Crippen LogP contribution in [0.15, 0.2) is 48.5 Å². The molecule has 3 rings (SSSR count). The molecule has 5 nitrogen and oxygen atoms in total. The van der Waals surface area contributed by atoms with Crippen LogP contribution in [0.2, 0.25) is 0 Å². The summed E-state index contributed by atoms with van der Waals surface area (Å²) in [7, 11) is 0. The van der Waals surface area contributed by atoms with Crippen LogP contribution < -0.4 is 16.4 Å². The first-order valence-corrected chi connectivity index (χ1v) is 7.11. The minimum Gasteiger partial charge on any atom is -0.369 e. The van der Waals surface area contributed by atoms with E-state index in [1.165, 1.54) is 0 Å². The van der Waals surface area contributed by atoms with Gasteiger partial charge >= 0.3 is 0 Å². The highest BCUT2D eigenvalue weighted by atomic mass is 35.5. The average molecular weight is 332 g/mol. The first-order valence-electron chi connectivity index (χ1n) is 7.11. The van der Waals surface area contributed by atoms with E-state index in [0.29, 0.717) is 12.1 Å². The molecule has 2 amide bonds. The van der Waals surface area contributed by atoms with Crippen LogP contribution in [0.5, 0.6) is 0 Å². The number of anilines is 1. The number of primary amides is 1. The van der Waals surface area contributed by atoms with E-state index in [0.717, 1.165) is 16.8 Å². The number of rotatable bonds is 3. The Labute approximate surface area is 140 Å². The van der Waals surface area contributed by atoms with Crippen LogP contribution in [-0.2, 0) is 11.3 Å². The number of amides is 2. The van der Waals surface area contributed by atoms with Crippen molar-refractivity contribution in [2.75, 3.05) is 11.4 Å². The first-order chi connectivity index (χ1) is 10.6. The van der Waals surface area contributed by atoms with Crippen molar-refractivity contribution in [3.8, 4) is 0 Å². The lowest BCUT2D eigenvalue weighted by molar-refractivity contribution is -0.119. The van der Waals surface area contributed by atoms with Crippen molar-refractivity contribution >= 4 is 29.9 Å². The molecule has 1 unspecified atom stereocenters. The number of hydrogen-bond donors (Lipinski definition) is 2. The Morgan fingerprint density at radius 3 is 2.35 bits per heavy atom. The molecule has 0 aromatic heterocycles. The Balaban J connectivity index is 0.00000192. The Bertz CT molecular complexity index is 731. The number of hydrogen-bond acceptors (Lipinski definition) is 3. The largest absolute Gasteiger partial charge is 0.369 e. The van der Waals surface area contributed by atoms with Crippen LogP contribution in [0.3, 0.4) is 0 Å². The van der Waals surface area contributed by atoms with Crippen molar-refractivity contribution in [3.05, 3.63) is 65.2 Å². The lowest BCUT2D eigenvalue weighted by Crippen LogP contribution is -2.32. The molecule has 1 aliphatic heterocycles. The van der Waals surface area contributed by atoms with Gasteiger partial charge in [-0.1, -0.05) is 30.3 Å². The molecule has 0 radical (unpaired) electrons. The van der Waals surface area contributed by atoms with E-state index in [1.54, 1.807) is 17.0 Å². The molecule has 6 heteroatoms. The fraction of sp³-hybridized carbons (Fsp3) is 0.176. The number of nitrogens with zero attached hydrogens (tertiary/aromatic N) is 1. The van der Waals surface area contributed by atoms with Crippen molar-refractivity contribution < 1.29 is 9.59 Å². The highest BCUT2D eigenvalue weighted by molar-refractivity contribution is 6.09. The normalized spacial score (nSPS) is 15.7. The van der Waals surface area contributed by atoms with Crippen LogP contribution in [0, 0.1) is 0 Å². The van der Waals surface area contributed by atoms with Gasteiger partial charge in [0.25, 0.3) is 5.91 Å². The number of carbonyl (C=O) groups is 2. The number of nitrogens with two attached hydrogens (primary N) is 2. The molecule has 0 bridgehead atoms. The summed E-state index contributed by atoms with van der Waals surface area (Å²) in [6, 6.07) is 14.6. The summed E-state index contributed by atoms with van der Waals surface area (Å²) >= 11 is 0. The number of carbonyl (C=O) groups excluding carboxylic acids is 2. The molecule has 1 atom stereocenters. The fourth-order valence-corrected chi connectivity index (χ4v) is 2.78. The van der Waals surface area contributed by atoms with Gasteiger partial charge < -0.3 is 16.4 Å². The fourth-order valence-electron chi connectivity index (χ4n) is 2.78. The zero-order chi connectivity index (χ0) is 15.7. The van der Waals surface area contributed by atoms with E-state index in [1.807, 2.05) is 36.4 Å². The first kappa shape index (κ1) is 17.0. The molecular formula is C17H18ClN3O2. The SMILES string of the molecule is Cl.NCc1ccc(C(=O)N2CC(C(N)=O)c3ccccc32)cc1. The molecule has 0 spiro atoms. The molecule has 120 valence electrons. The molecule has 23 heavy (non-hydrogen) atoms. The van der Waals surface area contributed by atoms with Gasteiger partial charge in [0.2, 0.25) is 5.91 Å². The van der Waals surface area contributed by atoms with Gasteiger partial charge in [0.1, 0.15) is 0 Å². The van der Waals surface area contributed by atoms with Gasteiger partial charge in [-0.2, -0.15) is 0 Å². The van der Waals surface area contributed by atoms with Crippen molar-refractivity contribution in [3.63, 3.8) is 0 Å². The third-order valence-corrected chi connectivity index (χ3v) is 3.99. The van der Waals surface area contributed by atoms with Crippen molar-refractivity contribution in [2.24, 2.45) is 11.5 Å². The quantitative estimate of drug-likeness (QED) is 0.898. The Morgan fingerprint density at radius 2 is 1.74 bits per heavy atom. The Kier molecular flexibility index (Phi) is 5.03. The molecule has 0 saturated heterocycles. The predicted octanol–water partition coefficient (Wildman–Crippen LogP) is 1.80. The number of benzene rings is 2. The molecule has 0 aliphatic carbocycles. The van der Waals surface area contributed by atoms with Crippen LogP contribution in [0.25, 0.3) is 0 Å². The van der Waals surface area contributed by atoms with E-state index < -0.39 is 11.8 Å². The standard InChI is InChI=1S/C17H17N3O2.ClH/c18-9-11-5-7-12(8-6-11)17(22)20-10-14(16(19)21)13-3-1-2-4-15(13)20;/h1-8,14H,9-10,18H2,(H2,19,21);1H. The van der Waals surface area contributed by atoms with E-state index >= 15 is 0 Å². The topological polar surface area (TPSA) is 89.4 Å². The summed E-state index contributed by atoms with van der Waals surface area (Å²) in [5, 5.41) is 0. The van der Waals surface area contributed by atoms with Gasteiger partial charge in [0.15, 0.2) is 0 Å². The van der Waals surface area contributed by atoms with Gasteiger partial charge in [-0.3, -0.25) is 9.59 Å². The minimum absolute atomic E-state index is 0. The van der Waals surface area contributed by atoms with E-state index in [4.69, 9.17) is 11.5 Å². The lowest BCUT2D eigenvalue weighted by Gasteiger charge is -2.17. The molecule has 0 saturated carbocycles. The van der Waals surface area contributed by atoms with Crippen LogP contribution >= 0.6 is 12.4 Å². The lowest BCUT2D eigenvalue weighted by atomic mass is 10.0. The summed E-state index contributed by atoms with van der Waals surface area (Å²) in [4.78, 5) is 26.0. The predicted molar refractivity (Wildman–Crippen MR) is 91.6 cm³/mol. The second-order valence-electron chi connectivity index (χ2n) is 5.33. The maximum absolute atomic E-state index is 12.7. The van der Waals surface area contributed by atoms with Crippen LogP contribution in [0.1, 0.15) is 27.4 Å². The zero-order valence-electron chi connectivity index (χ0n) is 12.4. The molecule has 2 aromatic rings. The third-order valence-electron chi connectivity index (χ3n) is 3.99. The van der Waals surface area contributed by atoms with Gasteiger partial charge in [0.05, 0.1) is 5.92 Å². The van der Waals surface area contributed by atoms with Gasteiger partial charge in [-0.25, -0.2) is 0 Å². The van der Waals surface area contributed by atoms with Crippen molar-refractivity contribution in [1.82, 2.24) is 0 Å². The highest BCUT2D eigenvalue weighted by Crippen LogP contribution is 2.36. The van der Waals surface area contributed by atoms with Crippen molar-refractivity contribution in [1.29, 1.82) is 0 Å². The summed E-state index contributed by atoms with van der Waals surface area (Å²) in [6.07, 6.45) is 0. The van der Waals surface area contributed by atoms with Gasteiger partial charge in [0, 0.05) is 24.3 Å². The summed E-state index contributed by atoms with van der Waals surface area (Å²) in [6.45, 7) is 0.719. The van der Waals surface area contributed by atoms with Crippen LogP contribution in [-0.4, -0.2) is 18.4 Å². The molecular weight excluding hydrogens is 314 g/mol. The average Bonchev–Trinajstić information content (AvgIpc) is 2.94. The summed E-state index contributed by atoms with van der Waals surface area (Å²) < 4.78 is 0. The van der Waals surface area contributed by atoms with Crippen LogP contribution in [0.4, 0.5) is 5.69 Å². The Hall–Kier alpha value is -2.37. The van der Waals surface area contributed by atoms with Gasteiger partial charge in [-0.15, -0.1) is 12.4 Å². The minimum atomic E-state index is -0.455. The second-order valence-corrected chi connectivity index (χ2v) is 5.33. The smallest absolute Gasteiger partial charge is 0.258 e. The maximum Gasteiger partial charge on any atom is 0.258 e. The maximum atomic E-state index is 12.7. The highest BCUT2D eigenvalue weighted by Gasteiger charge is 2.35. The van der Waals surface area contributed by atoms with E-state index in [9.17, 15) is 9.59 Å². The summed E-state index contributed by atoms with van der Waals surface area (Å²) in [5.74, 6) is -1.01. The molecule has 1 aliphatic rings. The molecule has 1 heterocycles. The molecule has 2 aromatic carbocycles.